The van der Waals surface area contributed by atoms with Crippen LogP contribution in [0.5, 0.6) is 0 Å². The van der Waals surface area contributed by atoms with Crippen LogP contribution in [0.25, 0.3) is 0 Å². The summed E-state index contributed by atoms with van der Waals surface area (Å²) in [6, 6.07) is -1.19. The third-order valence-electron chi connectivity index (χ3n) is 3.99. The minimum absolute atomic E-state index is 0.0700. The van der Waals surface area contributed by atoms with E-state index < -0.39 is 26.4 Å². The van der Waals surface area contributed by atoms with Gasteiger partial charge in [0.05, 0.1) is 25.4 Å². The maximum absolute atomic E-state index is 13.5. The molecule has 1 rings (SSSR count). The molecule has 3 nitrogen and oxygen atoms in total. The van der Waals surface area contributed by atoms with E-state index in [9.17, 15) is 8.78 Å². The van der Waals surface area contributed by atoms with E-state index in [1.165, 1.54) is 0 Å². The molecule has 1 saturated heterocycles. The third-order valence-corrected chi connectivity index (χ3v) is 8.49. The van der Waals surface area contributed by atoms with Gasteiger partial charge in [0.2, 0.25) is 0 Å². The molecular formula is C12H25F2NO2Si. The summed E-state index contributed by atoms with van der Waals surface area (Å²) in [6.45, 7) is 10.7. The monoisotopic (exact) mass is 281 g/mol. The van der Waals surface area contributed by atoms with E-state index in [4.69, 9.17) is 14.9 Å². The lowest BCUT2D eigenvalue weighted by atomic mass is 10.0. The number of nitrogens with two attached hydrogens (primary N) is 1. The van der Waals surface area contributed by atoms with Gasteiger partial charge in [-0.2, -0.15) is 0 Å². The van der Waals surface area contributed by atoms with Crippen LogP contribution >= 0.6 is 0 Å². The van der Waals surface area contributed by atoms with E-state index in [0.29, 0.717) is 0 Å². The second-order valence-corrected chi connectivity index (χ2v) is 11.4. The fourth-order valence-corrected chi connectivity index (χ4v) is 2.54. The van der Waals surface area contributed by atoms with Crippen LogP contribution < -0.4 is 5.73 Å². The van der Waals surface area contributed by atoms with E-state index in [1.54, 1.807) is 0 Å². The molecule has 0 bridgehead atoms. The second kappa shape index (κ2) is 5.15. The first-order valence-corrected chi connectivity index (χ1v) is 9.25. The van der Waals surface area contributed by atoms with Gasteiger partial charge in [-0.1, -0.05) is 20.8 Å². The van der Waals surface area contributed by atoms with Gasteiger partial charge < -0.3 is 14.9 Å². The topological polar surface area (TPSA) is 44.5 Å². The Hall–Kier alpha value is -0.0431. The van der Waals surface area contributed by atoms with Crippen molar-refractivity contribution in [3.05, 3.63) is 0 Å². The second-order valence-electron chi connectivity index (χ2n) is 6.60. The largest absolute Gasteiger partial charge is 0.414 e. The highest BCUT2D eigenvalue weighted by Gasteiger charge is 2.45. The molecule has 108 valence electrons. The van der Waals surface area contributed by atoms with Crippen LogP contribution in [0.4, 0.5) is 8.78 Å². The number of hydrogen-bond acceptors (Lipinski definition) is 3. The highest BCUT2D eigenvalue weighted by Crippen LogP contribution is 2.37. The van der Waals surface area contributed by atoms with Gasteiger partial charge in [0.25, 0.3) is 5.92 Å². The average molecular weight is 281 g/mol. The predicted molar refractivity (Wildman–Crippen MR) is 70.4 cm³/mol. The molecule has 0 saturated carbocycles. The van der Waals surface area contributed by atoms with Crippen LogP contribution in [0.2, 0.25) is 18.1 Å². The predicted octanol–water partition coefficient (Wildman–Crippen LogP) is 2.76. The molecule has 0 aliphatic carbocycles. The molecule has 6 heteroatoms. The fourth-order valence-electron chi connectivity index (χ4n) is 1.50. The standard InChI is InChI=1S/C12H25F2NO2Si/c1-11(2,3)18(4,5)17-7-9-6-12(13,14)10(15)8-16-9/h9-10H,6-8,15H2,1-5H3. The zero-order chi connectivity index (χ0) is 14.2. The van der Waals surface area contributed by atoms with E-state index in [0.717, 1.165) is 0 Å². The van der Waals surface area contributed by atoms with Gasteiger partial charge in [0.15, 0.2) is 8.32 Å². The smallest absolute Gasteiger partial charge is 0.267 e. The number of halogens is 2. The summed E-state index contributed by atoms with van der Waals surface area (Å²) < 4.78 is 38.1. The van der Waals surface area contributed by atoms with Crippen LogP contribution in [-0.4, -0.2) is 39.6 Å². The molecule has 1 heterocycles. The van der Waals surface area contributed by atoms with Crippen LogP contribution in [0.3, 0.4) is 0 Å². The van der Waals surface area contributed by atoms with Gasteiger partial charge in [-0.15, -0.1) is 0 Å². The molecule has 1 fully saturated rings. The molecule has 18 heavy (non-hydrogen) atoms. The summed E-state index contributed by atoms with van der Waals surface area (Å²) in [7, 11) is -1.91. The molecule has 2 atom stereocenters. The van der Waals surface area contributed by atoms with E-state index in [1.807, 2.05) is 0 Å². The Labute approximate surface area is 109 Å². The third kappa shape index (κ3) is 3.72. The summed E-state index contributed by atoms with van der Waals surface area (Å²) in [5.41, 5.74) is 5.32. The van der Waals surface area contributed by atoms with E-state index >= 15 is 0 Å². The molecule has 1 aliphatic rings. The van der Waals surface area contributed by atoms with Gasteiger partial charge in [-0.25, -0.2) is 8.78 Å². The number of ether oxygens (including phenoxy) is 1. The molecule has 2 unspecified atom stereocenters. The first kappa shape index (κ1) is 16.0. The van der Waals surface area contributed by atoms with E-state index in [-0.39, 0.29) is 24.7 Å². The maximum atomic E-state index is 13.5. The fraction of sp³-hybridized carbons (Fsp3) is 1.00. The van der Waals surface area contributed by atoms with Crippen molar-refractivity contribution in [2.24, 2.45) is 5.73 Å². The van der Waals surface area contributed by atoms with Crippen molar-refractivity contribution in [2.75, 3.05) is 13.2 Å². The summed E-state index contributed by atoms with van der Waals surface area (Å²) in [6.07, 6.45) is -0.892. The van der Waals surface area contributed by atoms with Crippen molar-refractivity contribution in [1.82, 2.24) is 0 Å². The maximum Gasteiger partial charge on any atom is 0.267 e. The van der Waals surface area contributed by atoms with Crippen molar-refractivity contribution in [3.8, 4) is 0 Å². The Kier molecular flexibility index (Phi) is 4.58. The van der Waals surface area contributed by atoms with Crippen LogP contribution in [-0.2, 0) is 9.16 Å². The van der Waals surface area contributed by atoms with Gasteiger partial charge in [-0.3, -0.25) is 0 Å². The zero-order valence-electron chi connectivity index (χ0n) is 11.9. The van der Waals surface area contributed by atoms with Gasteiger partial charge in [0.1, 0.15) is 0 Å². The quantitative estimate of drug-likeness (QED) is 0.809. The summed E-state index contributed by atoms with van der Waals surface area (Å²) >= 11 is 0. The zero-order valence-corrected chi connectivity index (χ0v) is 12.9. The molecular weight excluding hydrogens is 256 g/mol. The number of rotatable bonds is 3. The molecule has 0 radical (unpaired) electrons. The lowest BCUT2D eigenvalue weighted by Crippen LogP contribution is -2.53. The Bertz CT molecular complexity index is 292. The van der Waals surface area contributed by atoms with Gasteiger partial charge in [0, 0.05) is 6.42 Å². The highest BCUT2D eigenvalue weighted by atomic mass is 28.4. The van der Waals surface area contributed by atoms with Crippen molar-refractivity contribution < 1.29 is 17.9 Å². The summed E-state index contributed by atoms with van der Waals surface area (Å²) in [5, 5.41) is 0.0700. The first-order valence-electron chi connectivity index (χ1n) is 6.35. The van der Waals surface area contributed by atoms with Crippen LogP contribution in [0.1, 0.15) is 27.2 Å². The SMILES string of the molecule is CC(C)(C)[Si](C)(C)OCC1CC(F)(F)C(N)CO1. The van der Waals surface area contributed by atoms with Crippen LogP contribution in [0, 0.1) is 0 Å². The molecule has 0 spiro atoms. The number of hydrogen-bond donors (Lipinski definition) is 1. The molecule has 2 N–H and O–H groups in total. The van der Waals surface area contributed by atoms with Crippen molar-refractivity contribution >= 4 is 8.32 Å². The summed E-state index contributed by atoms with van der Waals surface area (Å²) in [4.78, 5) is 0. The lowest BCUT2D eigenvalue weighted by molar-refractivity contribution is -0.149. The first-order chi connectivity index (χ1) is 7.96. The Morgan fingerprint density at radius 3 is 2.39 bits per heavy atom. The van der Waals surface area contributed by atoms with Gasteiger partial charge >= 0.3 is 0 Å². The van der Waals surface area contributed by atoms with E-state index in [2.05, 4.69) is 33.9 Å². The Morgan fingerprint density at radius 2 is 1.94 bits per heavy atom. The Balaban J connectivity index is 2.51. The molecule has 1 aliphatic heterocycles. The minimum atomic E-state index is -2.85. The Morgan fingerprint density at radius 1 is 1.39 bits per heavy atom. The average Bonchev–Trinajstić information content (AvgIpc) is 2.18. The van der Waals surface area contributed by atoms with Gasteiger partial charge in [-0.05, 0) is 18.1 Å². The highest BCUT2D eigenvalue weighted by molar-refractivity contribution is 6.74. The molecule has 0 aromatic carbocycles. The molecule has 0 amide bonds. The lowest BCUT2D eigenvalue weighted by Gasteiger charge is -2.39. The minimum Gasteiger partial charge on any atom is -0.414 e. The van der Waals surface area contributed by atoms with Crippen LogP contribution in [0.15, 0.2) is 0 Å². The molecule has 0 aromatic heterocycles. The van der Waals surface area contributed by atoms with Crippen molar-refractivity contribution in [1.29, 1.82) is 0 Å². The number of alkyl halides is 2. The van der Waals surface area contributed by atoms with Crippen molar-refractivity contribution in [2.45, 2.75) is 63.4 Å². The normalized spacial score (nSPS) is 29.3. The summed E-state index contributed by atoms with van der Waals surface area (Å²) in [5.74, 6) is -2.85. The van der Waals surface area contributed by atoms with Crippen molar-refractivity contribution in [3.63, 3.8) is 0 Å². The molecule has 0 aromatic rings.